The average molecular weight is 666 g/mol. The molecule has 5 rings (SSSR count). The molecule has 2 aromatic heterocycles. The minimum absolute atomic E-state index is 0. The Hall–Kier alpha value is -5.40. The molecule has 246 valence electrons. The number of nitrogens with two attached hydrogens (primary N) is 1. The van der Waals surface area contributed by atoms with Crippen LogP contribution in [0.15, 0.2) is 77.7 Å². The summed E-state index contributed by atoms with van der Waals surface area (Å²) in [7, 11) is 3.01. The number of hydrogen-bond acceptors (Lipinski definition) is 9. The monoisotopic (exact) mass is 665 g/mol. The number of nitrogens with one attached hydrogen (secondary N) is 1. The first-order valence-electron chi connectivity index (χ1n) is 14.2. The number of hydrogen-bond donors (Lipinski definition) is 2. The molecule has 3 aromatic carbocycles. The summed E-state index contributed by atoms with van der Waals surface area (Å²) >= 11 is 0. The number of benzene rings is 3. The van der Waals surface area contributed by atoms with Gasteiger partial charge in [0.15, 0.2) is 23.1 Å². The van der Waals surface area contributed by atoms with Crippen LogP contribution in [0.2, 0.25) is 0 Å². The van der Waals surface area contributed by atoms with Crippen molar-refractivity contribution in [1.29, 1.82) is 0 Å². The molecule has 0 radical (unpaired) electrons. The fourth-order valence-electron chi connectivity index (χ4n) is 5.02. The normalized spacial score (nSPS) is 11.4. The maximum absolute atomic E-state index is 15.3. The van der Waals surface area contributed by atoms with E-state index >= 15 is 4.39 Å². The van der Waals surface area contributed by atoms with E-state index in [1.807, 2.05) is 0 Å². The summed E-state index contributed by atoms with van der Waals surface area (Å²) in [4.78, 5) is 43.2. The number of halogens is 2. The molecule has 14 heteroatoms. The van der Waals surface area contributed by atoms with Crippen LogP contribution in [-0.2, 0) is 16.1 Å². The lowest BCUT2D eigenvalue weighted by Gasteiger charge is -2.18. The van der Waals surface area contributed by atoms with Gasteiger partial charge in [-0.1, -0.05) is 18.2 Å². The predicted molar refractivity (Wildman–Crippen MR) is 176 cm³/mol. The van der Waals surface area contributed by atoms with Crippen molar-refractivity contribution in [3.8, 4) is 28.7 Å². The first-order valence-corrected chi connectivity index (χ1v) is 14.2. The minimum Gasteiger partial charge on any atom is -0.493 e. The highest BCUT2D eigenvalue weighted by Gasteiger charge is 2.26. The molecule has 47 heavy (non-hydrogen) atoms. The SMILES string of the molecule is COc1cc2nccc(Oc3ccc(NC(=O)c4c(C)n(C[C@@H](C)OC(=O)CN)n(-c5ccccc5)c4=O)cc3F)c2cc1OC.Cl. The fraction of sp³-hybridized carbons (Fsp3) is 0.212. The molecule has 0 aliphatic carbocycles. The summed E-state index contributed by atoms with van der Waals surface area (Å²) in [5.74, 6) is -0.942. The van der Waals surface area contributed by atoms with Gasteiger partial charge in [0.25, 0.3) is 11.5 Å². The molecule has 0 saturated carbocycles. The van der Waals surface area contributed by atoms with Crippen LogP contribution in [0.5, 0.6) is 23.0 Å². The molecule has 5 aromatic rings. The summed E-state index contributed by atoms with van der Waals surface area (Å²) in [6.07, 6.45) is 0.866. The number of carbonyl (C=O) groups is 2. The molecule has 0 saturated heterocycles. The zero-order valence-corrected chi connectivity index (χ0v) is 26.8. The second-order valence-electron chi connectivity index (χ2n) is 10.2. The van der Waals surface area contributed by atoms with Crippen molar-refractivity contribution in [1.82, 2.24) is 14.3 Å². The molecule has 2 heterocycles. The van der Waals surface area contributed by atoms with Crippen LogP contribution >= 0.6 is 12.4 Å². The van der Waals surface area contributed by atoms with Crippen molar-refractivity contribution in [3.05, 3.63) is 100 Å². The number of ether oxygens (including phenoxy) is 4. The van der Waals surface area contributed by atoms with Gasteiger partial charge in [-0.15, -0.1) is 12.4 Å². The first-order chi connectivity index (χ1) is 22.1. The van der Waals surface area contributed by atoms with Crippen LogP contribution in [0, 0.1) is 12.7 Å². The molecule has 0 spiro atoms. The van der Waals surface area contributed by atoms with E-state index in [-0.39, 0.29) is 42.5 Å². The van der Waals surface area contributed by atoms with Gasteiger partial charge < -0.3 is 30.0 Å². The van der Waals surface area contributed by atoms with Gasteiger partial charge in [0.2, 0.25) is 0 Å². The maximum atomic E-state index is 15.3. The molecular formula is C33H33ClFN5O7. The lowest BCUT2D eigenvalue weighted by atomic mass is 10.1. The standard InChI is InChI=1S/C33H32FN5O7.ClH/c1-19(45-30(40)17-35)18-38-20(2)31(33(42)39(38)22-8-6-5-7-9-22)32(41)37-21-10-11-27(24(34)14-21)46-26-12-13-36-25-16-29(44-4)28(43-3)15-23(25)26;/h5-16,19H,17-18,35H2,1-4H3,(H,37,41);1H/t19-;/m1./s1. The van der Waals surface area contributed by atoms with E-state index in [1.165, 1.54) is 37.2 Å². The van der Waals surface area contributed by atoms with Gasteiger partial charge in [0.05, 0.1) is 44.2 Å². The second-order valence-corrected chi connectivity index (χ2v) is 10.2. The summed E-state index contributed by atoms with van der Waals surface area (Å²) in [6, 6.07) is 17.6. The molecule has 0 aliphatic heterocycles. The zero-order chi connectivity index (χ0) is 33.0. The number of amides is 1. The highest BCUT2D eigenvalue weighted by molar-refractivity contribution is 6.05. The summed E-state index contributed by atoms with van der Waals surface area (Å²) in [5.41, 5.74) is 6.08. The third-order valence-electron chi connectivity index (χ3n) is 7.17. The maximum Gasteiger partial charge on any atom is 0.320 e. The first kappa shape index (κ1) is 34.5. The third kappa shape index (κ3) is 7.21. The minimum atomic E-state index is -0.755. The molecular weight excluding hydrogens is 633 g/mol. The quantitative estimate of drug-likeness (QED) is 0.186. The Labute approximate surface area is 275 Å². The van der Waals surface area contributed by atoms with Crippen molar-refractivity contribution in [2.45, 2.75) is 26.5 Å². The molecule has 0 bridgehead atoms. The molecule has 1 amide bonds. The van der Waals surface area contributed by atoms with Gasteiger partial charge in [0.1, 0.15) is 17.4 Å². The van der Waals surface area contributed by atoms with Gasteiger partial charge in [-0.25, -0.2) is 9.07 Å². The Bertz CT molecular complexity index is 1980. The average Bonchev–Trinajstić information content (AvgIpc) is 3.29. The largest absolute Gasteiger partial charge is 0.493 e. The van der Waals surface area contributed by atoms with Crippen molar-refractivity contribution in [2.24, 2.45) is 5.73 Å². The van der Waals surface area contributed by atoms with Crippen LogP contribution in [-0.4, -0.2) is 53.1 Å². The van der Waals surface area contributed by atoms with Gasteiger partial charge in [-0.05, 0) is 50.2 Å². The van der Waals surface area contributed by atoms with Crippen LogP contribution < -0.4 is 30.8 Å². The van der Waals surface area contributed by atoms with E-state index in [2.05, 4.69) is 10.3 Å². The van der Waals surface area contributed by atoms with Crippen molar-refractivity contribution < 1.29 is 32.9 Å². The van der Waals surface area contributed by atoms with Gasteiger partial charge >= 0.3 is 5.97 Å². The van der Waals surface area contributed by atoms with E-state index < -0.39 is 29.4 Å². The topological polar surface area (TPSA) is 149 Å². The Morgan fingerprint density at radius 2 is 1.68 bits per heavy atom. The Morgan fingerprint density at radius 3 is 2.34 bits per heavy atom. The van der Waals surface area contributed by atoms with Crippen molar-refractivity contribution >= 4 is 40.9 Å². The number of para-hydroxylation sites is 1. The highest BCUT2D eigenvalue weighted by Crippen LogP contribution is 2.37. The predicted octanol–water partition coefficient (Wildman–Crippen LogP) is 5.01. The van der Waals surface area contributed by atoms with Crippen molar-refractivity contribution in [3.63, 3.8) is 0 Å². The number of nitrogens with zero attached hydrogens (tertiary/aromatic N) is 3. The van der Waals surface area contributed by atoms with Crippen LogP contribution in [0.25, 0.3) is 16.6 Å². The van der Waals surface area contributed by atoms with E-state index in [4.69, 9.17) is 24.7 Å². The van der Waals surface area contributed by atoms with E-state index in [1.54, 1.807) is 67.1 Å². The zero-order valence-electron chi connectivity index (χ0n) is 26.0. The molecule has 0 aliphatic rings. The van der Waals surface area contributed by atoms with Crippen LogP contribution in [0.1, 0.15) is 23.0 Å². The molecule has 12 nitrogen and oxygen atoms in total. The molecule has 1 atom stereocenters. The number of fused-ring (bicyclic) bond motifs is 1. The van der Waals surface area contributed by atoms with Gasteiger partial charge in [0, 0.05) is 29.4 Å². The summed E-state index contributed by atoms with van der Waals surface area (Å²) in [6.45, 7) is 3.03. The number of rotatable bonds is 11. The van der Waals surface area contributed by atoms with Crippen molar-refractivity contribution in [2.75, 3.05) is 26.1 Å². The van der Waals surface area contributed by atoms with Gasteiger partial charge in [-0.2, -0.15) is 0 Å². The molecule has 3 N–H and O–H groups in total. The number of anilines is 1. The fourth-order valence-corrected chi connectivity index (χ4v) is 5.02. The number of esters is 1. The molecule has 0 fully saturated rings. The number of pyridine rings is 1. The van der Waals surface area contributed by atoms with E-state index in [0.29, 0.717) is 39.5 Å². The second kappa shape index (κ2) is 14.8. The summed E-state index contributed by atoms with van der Waals surface area (Å²) < 4.78 is 40.1. The van der Waals surface area contributed by atoms with Crippen LogP contribution in [0.3, 0.4) is 0 Å². The van der Waals surface area contributed by atoms with Gasteiger partial charge in [-0.3, -0.25) is 24.0 Å². The Balaban J connectivity index is 0.00000500. The number of carbonyl (C=O) groups excluding carboxylic acids is 2. The number of aromatic nitrogens is 3. The van der Waals surface area contributed by atoms with E-state index in [0.717, 1.165) is 6.07 Å². The Kier molecular flexibility index (Phi) is 10.9. The van der Waals surface area contributed by atoms with E-state index in [9.17, 15) is 14.4 Å². The van der Waals surface area contributed by atoms with Crippen LogP contribution in [0.4, 0.5) is 10.1 Å². The third-order valence-corrected chi connectivity index (χ3v) is 7.17. The summed E-state index contributed by atoms with van der Waals surface area (Å²) in [5, 5.41) is 3.18. The highest BCUT2D eigenvalue weighted by atomic mass is 35.5. The smallest absolute Gasteiger partial charge is 0.320 e. The molecule has 0 unspecified atom stereocenters. The lowest BCUT2D eigenvalue weighted by molar-refractivity contribution is -0.147. The Morgan fingerprint density at radius 1 is 0.979 bits per heavy atom. The number of methoxy groups -OCH3 is 2. The lowest BCUT2D eigenvalue weighted by Crippen LogP contribution is -2.30.